The first-order chi connectivity index (χ1) is 19.2. The zero-order chi connectivity index (χ0) is 28.3. The summed E-state index contributed by atoms with van der Waals surface area (Å²) in [6.45, 7) is 4.25. The van der Waals surface area contributed by atoms with Gasteiger partial charge >= 0.3 is 0 Å². The molecule has 8 nitrogen and oxygen atoms in total. The number of carbonyl (C=O) groups excluding carboxylic acids is 3. The highest BCUT2D eigenvalue weighted by molar-refractivity contribution is 7.94. The predicted octanol–water partition coefficient (Wildman–Crippen LogP) is 4.61. The number of fused-ring (bicyclic) bond motifs is 1. The molecular weight excluding hydrogens is 570 g/mol. The van der Waals surface area contributed by atoms with Crippen LogP contribution in [0.4, 0.5) is 11.4 Å². The summed E-state index contributed by atoms with van der Waals surface area (Å²) < 4.78 is 25.3. The lowest BCUT2D eigenvalue weighted by atomic mass is 9.97. The summed E-state index contributed by atoms with van der Waals surface area (Å²) in [5.41, 5.74) is 3.08. The number of hydrogen-bond acceptors (Lipinski definition) is 8. The number of carbonyl (C=O) groups is 3. The number of benzene rings is 2. The molecule has 3 aromatic rings. The summed E-state index contributed by atoms with van der Waals surface area (Å²) in [6, 6.07) is 14.9. The van der Waals surface area contributed by atoms with Crippen LogP contribution in [0.3, 0.4) is 0 Å². The molecule has 0 bridgehead atoms. The average molecular weight is 600 g/mol. The van der Waals surface area contributed by atoms with Gasteiger partial charge in [0, 0.05) is 24.2 Å². The highest BCUT2D eigenvalue weighted by Crippen LogP contribution is 2.29. The molecule has 0 unspecified atom stereocenters. The fourth-order valence-corrected chi connectivity index (χ4v) is 7.94. The first-order valence-electron chi connectivity index (χ1n) is 13.2. The van der Waals surface area contributed by atoms with E-state index in [0.717, 1.165) is 41.4 Å². The molecule has 0 spiro atoms. The van der Waals surface area contributed by atoms with Crippen molar-refractivity contribution in [2.45, 2.75) is 36.3 Å². The minimum atomic E-state index is -3.76. The molecule has 0 atom stereocenters. The van der Waals surface area contributed by atoms with Crippen molar-refractivity contribution >= 4 is 61.7 Å². The van der Waals surface area contributed by atoms with E-state index in [1.165, 1.54) is 38.1 Å². The van der Waals surface area contributed by atoms with Crippen molar-refractivity contribution < 1.29 is 22.8 Å². The number of Topliss-reactive ketones (excluding diaryl/α,β-unsaturated/α-hetero) is 1. The number of imide groups is 1. The molecule has 0 saturated carbocycles. The zero-order valence-corrected chi connectivity index (χ0v) is 24.3. The Hall–Kier alpha value is -3.05. The van der Waals surface area contributed by atoms with Crippen LogP contribution in [0.1, 0.15) is 40.7 Å². The van der Waals surface area contributed by atoms with Gasteiger partial charge in [-0.2, -0.15) is 0 Å². The molecule has 2 aliphatic rings. The van der Waals surface area contributed by atoms with Crippen LogP contribution in [0.2, 0.25) is 4.34 Å². The second-order valence-corrected chi connectivity index (χ2v) is 14.0. The molecule has 40 heavy (non-hydrogen) atoms. The van der Waals surface area contributed by atoms with Crippen LogP contribution in [0.15, 0.2) is 58.8 Å². The Morgan fingerprint density at radius 2 is 1.75 bits per heavy atom. The van der Waals surface area contributed by atoms with Crippen LogP contribution in [-0.2, 0) is 32.3 Å². The number of thiophene rings is 1. The lowest BCUT2D eigenvalue weighted by molar-refractivity contribution is -0.118. The molecule has 210 valence electrons. The van der Waals surface area contributed by atoms with E-state index in [-0.39, 0.29) is 23.0 Å². The van der Waals surface area contributed by atoms with E-state index in [0.29, 0.717) is 26.7 Å². The summed E-state index contributed by atoms with van der Waals surface area (Å²) in [7, 11) is -3.76. The second-order valence-electron chi connectivity index (χ2n) is 10.1. The first-order valence-corrected chi connectivity index (χ1v) is 16.1. The van der Waals surface area contributed by atoms with Gasteiger partial charge in [0.2, 0.25) is 5.91 Å². The lowest BCUT2D eigenvalue weighted by Gasteiger charge is -2.27. The molecule has 2 aliphatic heterocycles. The van der Waals surface area contributed by atoms with Gasteiger partial charge in [-0.25, -0.2) is 13.3 Å². The SMILES string of the molecule is O=C(Cc1ccc(N2C(=O)Cc3cc(NCCCN4CCCC4)ccc3C2=O)cc1)CS(=O)(=O)c1ccc(Cl)s1. The fraction of sp³-hybridized carbons (Fsp3) is 0.345. The Labute approximate surface area is 242 Å². The minimum Gasteiger partial charge on any atom is -0.385 e. The summed E-state index contributed by atoms with van der Waals surface area (Å²) in [5, 5.41) is 3.40. The maximum Gasteiger partial charge on any atom is 0.265 e. The van der Waals surface area contributed by atoms with Gasteiger partial charge < -0.3 is 10.2 Å². The summed E-state index contributed by atoms with van der Waals surface area (Å²) in [4.78, 5) is 42.3. The van der Waals surface area contributed by atoms with Gasteiger partial charge in [0.25, 0.3) is 5.91 Å². The molecular formula is C29H30ClN3O5S2. The molecule has 3 heterocycles. The molecule has 1 N–H and O–H groups in total. The third-order valence-electron chi connectivity index (χ3n) is 7.11. The predicted molar refractivity (Wildman–Crippen MR) is 157 cm³/mol. The Kier molecular flexibility index (Phi) is 8.70. The number of anilines is 2. The summed E-state index contributed by atoms with van der Waals surface area (Å²) in [5.74, 6) is -1.80. The number of ketones is 1. The number of nitrogens with one attached hydrogen (secondary N) is 1. The number of halogens is 1. The molecule has 5 rings (SSSR count). The third kappa shape index (κ3) is 6.63. The number of amides is 2. The normalized spacial score (nSPS) is 15.9. The molecule has 1 fully saturated rings. The Morgan fingerprint density at radius 3 is 2.45 bits per heavy atom. The molecule has 2 aromatic carbocycles. The van der Waals surface area contributed by atoms with Crippen LogP contribution >= 0.6 is 22.9 Å². The maximum absolute atomic E-state index is 13.3. The van der Waals surface area contributed by atoms with E-state index in [2.05, 4.69) is 10.2 Å². The third-order valence-corrected chi connectivity index (χ3v) is 10.6. The largest absolute Gasteiger partial charge is 0.385 e. The van der Waals surface area contributed by atoms with Gasteiger partial charge in [0.05, 0.1) is 16.4 Å². The zero-order valence-electron chi connectivity index (χ0n) is 21.9. The quantitative estimate of drug-likeness (QED) is 0.253. The van der Waals surface area contributed by atoms with Gasteiger partial charge in [-0.3, -0.25) is 14.4 Å². The van der Waals surface area contributed by atoms with Crippen LogP contribution in [0.5, 0.6) is 0 Å². The van der Waals surface area contributed by atoms with Gasteiger partial charge in [-0.05, 0) is 92.5 Å². The minimum absolute atomic E-state index is 0.0593. The highest BCUT2D eigenvalue weighted by Gasteiger charge is 2.32. The van der Waals surface area contributed by atoms with E-state index >= 15 is 0 Å². The van der Waals surface area contributed by atoms with Gasteiger partial charge in [-0.15, -0.1) is 11.3 Å². The molecule has 1 aromatic heterocycles. The first kappa shape index (κ1) is 28.5. The van der Waals surface area contributed by atoms with Crippen molar-refractivity contribution in [3.8, 4) is 0 Å². The Bertz CT molecular complexity index is 1530. The number of sulfone groups is 1. The number of hydrogen-bond donors (Lipinski definition) is 1. The lowest BCUT2D eigenvalue weighted by Crippen LogP contribution is -2.42. The van der Waals surface area contributed by atoms with Crippen molar-refractivity contribution in [2.24, 2.45) is 0 Å². The van der Waals surface area contributed by atoms with Crippen LogP contribution < -0.4 is 10.2 Å². The standard InChI is InChI=1S/C29H30ClN3O5S2/c30-26-10-11-28(39-26)40(37,38)19-24(34)16-20-4-7-23(8-5-20)33-27(35)18-21-17-22(6-9-25(21)29(33)36)31-12-3-15-32-13-1-2-14-32/h4-11,17,31H,1-3,12-16,18-19H2. The van der Waals surface area contributed by atoms with E-state index in [4.69, 9.17) is 11.6 Å². The van der Waals surface area contributed by atoms with Gasteiger partial charge in [0.15, 0.2) is 15.6 Å². The van der Waals surface area contributed by atoms with Crippen LogP contribution in [0.25, 0.3) is 0 Å². The van der Waals surface area contributed by atoms with E-state index in [9.17, 15) is 22.8 Å². The van der Waals surface area contributed by atoms with Crippen molar-refractivity contribution in [2.75, 3.05) is 42.1 Å². The van der Waals surface area contributed by atoms with Gasteiger partial charge in [0.1, 0.15) is 9.96 Å². The monoisotopic (exact) mass is 599 g/mol. The topological polar surface area (TPSA) is 104 Å². The van der Waals surface area contributed by atoms with Crippen molar-refractivity contribution in [1.82, 2.24) is 4.90 Å². The fourth-order valence-electron chi connectivity index (χ4n) is 5.13. The van der Waals surface area contributed by atoms with Gasteiger partial charge in [-0.1, -0.05) is 23.7 Å². The van der Waals surface area contributed by atoms with Crippen molar-refractivity contribution in [3.05, 3.63) is 75.6 Å². The molecule has 11 heteroatoms. The summed E-state index contributed by atoms with van der Waals surface area (Å²) >= 11 is 6.74. The van der Waals surface area contributed by atoms with E-state index in [1.54, 1.807) is 30.3 Å². The second kappa shape index (κ2) is 12.2. The molecule has 0 aliphatic carbocycles. The van der Waals surface area contributed by atoms with E-state index in [1.807, 2.05) is 12.1 Å². The van der Waals surface area contributed by atoms with Crippen molar-refractivity contribution in [3.63, 3.8) is 0 Å². The molecule has 1 saturated heterocycles. The maximum atomic E-state index is 13.3. The highest BCUT2D eigenvalue weighted by atomic mass is 35.5. The number of likely N-dealkylation sites (tertiary alicyclic amines) is 1. The van der Waals surface area contributed by atoms with Crippen LogP contribution in [0, 0.1) is 0 Å². The van der Waals surface area contributed by atoms with Crippen LogP contribution in [-0.4, -0.2) is 62.8 Å². The number of rotatable bonds is 11. The summed E-state index contributed by atoms with van der Waals surface area (Å²) in [6.07, 6.45) is 3.61. The Balaban J connectivity index is 1.19. The Morgan fingerprint density at radius 1 is 1.00 bits per heavy atom. The average Bonchev–Trinajstić information content (AvgIpc) is 3.59. The molecule has 0 radical (unpaired) electrons. The van der Waals surface area contributed by atoms with E-state index < -0.39 is 27.3 Å². The smallest absolute Gasteiger partial charge is 0.265 e. The molecule has 2 amide bonds. The number of nitrogens with zero attached hydrogens (tertiary/aromatic N) is 2. The van der Waals surface area contributed by atoms with Crippen molar-refractivity contribution in [1.29, 1.82) is 0 Å².